The summed E-state index contributed by atoms with van der Waals surface area (Å²) in [5, 5.41) is 19.9. The van der Waals surface area contributed by atoms with E-state index in [1.54, 1.807) is 0 Å². The molecule has 1 saturated heterocycles. The van der Waals surface area contributed by atoms with Crippen molar-refractivity contribution in [1.29, 1.82) is 0 Å². The van der Waals surface area contributed by atoms with Gasteiger partial charge >= 0.3 is 5.97 Å². The summed E-state index contributed by atoms with van der Waals surface area (Å²) in [6.07, 6.45) is 0.538. The number of esters is 1. The lowest BCUT2D eigenvalue weighted by Gasteiger charge is -2.46. The Hall–Kier alpha value is -0.690. The predicted octanol–water partition coefficient (Wildman–Crippen LogP) is 2.36. The third-order valence-corrected chi connectivity index (χ3v) is 6.94. The molecule has 0 amide bonds. The van der Waals surface area contributed by atoms with Gasteiger partial charge < -0.3 is 24.4 Å². The highest BCUT2D eigenvalue weighted by Crippen LogP contribution is 2.46. The average Bonchev–Trinajstić information content (AvgIpc) is 2.87. The van der Waals surface area contributed by atoms with Gasteiger partial charge in [0.2, 0.25) is 0 Å². The summed E-state index contributed by atoms with van der Waals surface area (Å²) in [5.41, 5.74) is 0. The first-order valence-corrected chi connectivity index (χ1v) is 9.95. The van der Waals surface area contributed by atoms with Crippen molar-refractivity contribution in [3.63, 3.8) is 0 Å². The number of aliphatic hydroxyl groups excluding tert-OH is 2. The largest absolute Gasteiger partial charge is 0.459 e. The van der Waals surface area contributed by atoms with E-state index in [1.165, 1.54) is 6.92 Å². The molecule has 2 N–H and O–H groups in total. The van der Waals surface area contributed by atoms with Crippen LogP contribution in [0.15, 0.2) is 0 Å². The summed E-state index contributed by atoms with van der Waals surface area (Å²) in [6.45, 7) is 11.6. The molecule has 1 saturated carbocycles. The second-order valence-electron chi connectivity index (χ2n) is 8.31. The van der Waals surface area contributed by atoms with Gasteiger partial charge in [-0.05, 0) is 36.5 Å². The van der Waals surface area contributed by atoms with Gasteiger partial charge in [-0.15, -0.1) is 0 Å². The van der Waals surface area contributed by atoms with Gasteiger partial charge in [0.05, 0.1) is 24.7 Å². The summed E-state index contributed by atoms with van der Waals surface area (Å²) in [5.74, 6) is -0.560. The fraction of sp³-hybridized carbons (Fsp3) is 0.950. The summed E-state index contributed by atoms with van der Waals surface area (Å²) < 4.78 is 18.1. The van der Waals surface area contributed by atoms with Crippen molar-refractivity contribution < 1.29 is 29.2 Å². The molecular weight excluding hydrogens is 336 g/mol. The molecule has 1 aliphatic heterocycles. The average molecular weight is 373 g/mol. The Labute approximate surface area is 157 Å². The topological polar surface area (TPSA) is 85.2 Å². The number of carbonyl (C=O) groups excluding carboxylic acids is 1. The van der Waals surface area contributed by atoms with Crippen LogP contribution < -0.4 is 0 Å². The maximum Gasteiger partial charge on any atom is 0.303 e. The molecule has 6 heteroatoms. The fourth-order valence-corrected chi connectivity index (χ4v) is 4.67. The van der Waals surface area contributed by atoms with Crippen LogP contribution in [0.2, 0.25) is 0 Å². The lowest BCUT2D eigenvalue weighted by Crippen LogP contribution is -2.51. The third kappa shape index (κ3) is 3.93. The van der Waals surface area contributed by atoms with Crippen molar-refractivity contribution in [2.24, 2.45) is 29.6 Å². The van der Waals surface area contributed by atoms with Crippen LogP contribution in [0.25, 0.3) is 0 Å². The van der Waals surface area contributed by atoms with Crippen molar-refractivity contribution in [3.8, 4) is 0 Å². The summed E-state index contributed by atoms with van der Waals surface area (Å²) in [6, 6.07) is 0. The predicted molar refractivity (Wildman–Crippen MR) is 97.3 cm³/mol. The highest BCUT2D eigenvalue weighted by molar-refractivity contribution is 5.66. The SMILES string of the molecule is CC[C@H]1O[C@@](CO)(O[C@H]2C[C@H](CO)[C@@H](C)[C@H](C)[C@H]2C)[C@@H](C)[C@@H]1OC(C)=O. The molecule has 0 aromatic heterocycles. The minimum atomic E-state index is -1.18. The maximum absolute atomic E-state index is 11.5. The van der Waals surface area contributed by atoms with Crippen LogP contribution in [0.4, 0.5) is 0 Å². The van der Waals surface area contributed by atoms with Gasteiger partial charge in [-0.1, -0.05) is 34.6 Å². The van der Waals surface area contributed by atoms with E-state index in [1.807, 2.05) is 13.8 Å². The van der Waals surface area contributed by atoms with Crippen molar-refractivity contribution in [1.82, 2.24) is 0 Å². The molecule has 1 heterocycles. The molecule has 2 fully saturated rings. The number of carbonyl (C=O) groups is 1. The molecule has 0 radical (unpaired) electrons. The Morgan fingerprint density at radius 3 is 2.31 bits per heavy atom. The van der Waals surface area contributed by atoms with E-state index < -0.39 is 11.9 Å². The fourth-order valence-electron chi connectivity index (χ4n) is 4.67. The van der Waals surface area contributed by atoms with E-state index in [2.05, 4.69) is 20.8 Å². The quantitative estimate of drug-likeness (QED) is 0.696. The molecular formula is C20H36O6. The molecule has 152 valence electrons. The molecule has 9 atom stereocenters. The van der Waals surface area contributed by atoms with Gasteiger partial charge in [-0.2, -0.15) is 0 Å². The summed E-state index contributed by atoms with van der Waals surface area (Å²) in [4.78, 5) is 11.5. The minimum absolute atomic E-state index is 0.124. The highest BCUT2D eigenvalue weighted by atomic mass is 16.7. The van der Waals surface area contributed by atoms with E-state index in [9.17, 15) is 15.0 Å². The van der Waals surface area contributed by atoms with E-state index in [0.717, 1.165) is 6.42 Å². The van der Waals surface area contributed by atoms with Gasteiger partial charge in [0.25, 0.3) is 0 Å². The number of hydrogen-bond acceptors (Lipinski definition) is 6. The van der Waals surface area contributed by atoms with Gasteiger partial charge in [0, 0.05) is 13.5 Å². The van der Waals surface area contributed by atoms with Crippen LogP contribution >= 0.6 is 0 Å². The Morgan fingerprint density at radius 2 is 1.81 bits per heavy atom. The molecule has 0 unspecified atom stereocenters. The number of ether oxygens (including phenoxy) is 3. The summed E-state index contributed by atoms with van der Waals surface area (Å²) in [7, 11) is 0. The lowest BCUT2D eigenvalue weighted by molar-refractivity contribution is -0.296. The monoisotopic (exact) mass is 372 g/mol. The third-order valence-electron chi connectivity index (χ3n) is 6.94. The standard InChI is InChI=1S/C20H36O6/c1-7-17-19(24-15(6)23)14(5)20(10-22,25-17)26-18-8-16(9-21)12(3)11(2)13(18)4/h11-14,16-19,21-22H,7-10H2,1-6H3/t11-,12-,13+,14-,16+,17+,18-,19-,20-/m0/s1. The smallest absolute Gasteiger partial charge is 0.303 e. The number of hydrogen-bond donors (Lipinski definition) is 2. The Bertz CT molecular complexity index is 481. The Morgan fingerprint density at radius 1 is 1.15 bits per heavy atom. The zero-order chi connectivity index (χ0) is 19.6. The molecule has 2 aliphatic rings. The number of rotatable bonds is 6. The van der Waals surface area contributed by atoms with E-state index in [-0.39, 0.29) is 49.1 Å². The molecule has 6 nitrogen and oxygen atoms in total. The molecule has 26 heavy (non-hydrogen) atoms. The zero-order valence-corrected chi connectivity index (χ0v) is 17.0. The molecule has 2 rings (SSSR count). The van der Waals surface area contributed by atoms with Gasteiger partial charge in [0.15, 0.2) is 5.79 Å². The van der Waals surface area contributed by atoms with Crippen LogP contribution in [0.1, 0.15) is 54.4 Å². The first kappa shape index (κ1) is 21.6. The summed E-state index contributed by atoms with van der Waals surface area (Å²) >= 11 is 0. The van der Waals surface area contributed by atoms with Crippen molar-refractivity contribution in [2.75, 3.05) is 13.2 Å². The van der Waals surface area contributed by atoms with Crippen LogP contribution in [0, 0.1) is 29.6 Å². The van der Waals surface area contributed by atoms with Gasteiger partial charge in [0.1, 0.15) is 6.10 Å². The van der Waals surface area contributed by atoms with Crippen LogP contribution in [-0.2, 0) is 19.0 Å². The normalized spacial score (nSPS) is 46.3. The van der Waals surface area contributed by atoms with Gasteiger partial charge in [-0.25, -0.2) is 0 Å². The number of aliphatic hydroxyl groups is 2. The van der Waals surface area contributed by atoms with E-state index in [4.69, 9.17) is 14.2 Å². The van der Waals surface area contributed by atoms with Crippen LogP contribution in [-0.4, -0.2) is 53.5 Å². The zero-order valence-electron chi connectivity index (χ0n) is 17.0. The first-order chi connectivity index (χ1) is 12.2. The van der Waals surface area contributed by atoms with E-state index >= 15 is 0 Å². The molecule has 0 aromatic rings. The van der Waals surface area contributed by atoms with E-state index in [0.29, 0.717) is 18.3 Å². The highest BCUT2D eigenvalue weighted by Gasteiger charge is 2.56. The second-order valence-corrected chi connectivity index (χ2v) is 8.31. The lowest BCUT2D eigenvalue weighted by atomic mass is 9.67. The van der Waals surface area contributed by atoms with Gasteiger partial charge in [-0.3, -0.25) is 4.79 Å². The Balaban J connectivity index is 2.22. The molecule has 1 aliphatic carbocycles. The molecule has 0 aromatic carbocycles. The maximum atomic E-state index is 11.5. The first-order valence-electron chi connectivity index (χ1n) is 9.95. The Kier molecular flexibility index (Phi) is 7.10. The van der Waals surface area contributed by atoms with Crippen molar-refractivity contribution in [2.45, 2.75) is 78.5 Å². The molecule has 0 spiro atoms. The van der Waals surface area contributed by atoms with Crippen molar-refractivity contribution >= 4 is 5.97 Å². The van der Waals surface area contributed by atoms with Crippen LogP contribution in [0.3, 0.4) is 0 Å². The molecule has 0 bridgehead atoms. The van der Waals surface area contributed by atoms with Crippen molar-refractivity contribution in [3.05, 3.63) is 0 Å². The second kappa shape index (κ2) is 8.55. The van der Waals surface area contributed by atoms with Crippen LogP contribution in [0.5, 0.6) is 0 Å². The minimum Gasteiger partial charge on any atom is -0.459 e.